The van der Waals surface area contributed by atoms with Gasteiger partial charge in [0.05, 0.1) is 13.2 Å². The van der Waals surface area contributed by atoms with Crippen molar-refractivity contribution in [1.82, 2.24) is 0 Å². The highest BCUT2D eigenvalue weighted by molar-refractivity contribution is 4.85. The molecular formula is C12H26O6. The highest BCUT2D eigenvalue weighted by Gasteiger charge is 2.36. The molecule has 0 saturated heterocycles. The van der Waals surface area contributed by atoms with Crippen molar-refractivity contribution in [3.8, 4) is 0 Å². The SMILES string of the molecule is COCC(OC)C(OC)C(OC)C(COC)OC. The average Bonchev–Trinajstić information content (AvgIpc) is 2.40. The number of hydrogen-bond donors (Lipinski definition) is 0. The Morgan fingerprint density at radius 3 is 1.06 bits per heavy atom. The Morgan fingerprint density at radius 2 is 0.889 bits per heavy atom. The summed E-state index contributed by atoms with van der Waals surface area (Å²) in [5.74, 6) is 0. The van der Waals surface area contributed by atoms with Gasteiger partial charge in [-0.1, -0.05) is 0 Å². The summed E-state index contributed by atoms with van der Waals surface area (Å²) >= 11 is 0. The van der Waals surface area contributed by atoms with Crippen LogP contribution in [0.2, 0.25) is 0 Å². The van der Waals surface area contributed by atoms with Crippen molar-refractivity contribution in [3.63, 3.8) is 0 Å². The van der Waals surface area contributed by atoms with E-state index < -0.39 is 0 Å². The first-order valence-electron chi connectivity index (χ1n) is 5.79. The highest BCUT2D eigenvalue weighted by Crippen LogP contribution is 2.16. The van der Waals surface area contributed by atoms with Crippen molar-refractivity contribution < 1.29 is 28.4 Å². The molecule has 0 saturated carbocycles. The summed E-state index contributed by atoms with van der Waals surface area (Å²) in [5, 5.41) is 0. The Labute approximate surface area is 109 Å². The third-order valence-corrected chi connectivity index (χ3v) is 2.87. The third-order valence-electron chi connectivity index (χ3n) is 2.87. The second kappa shape index (κ2) is 10.7. The van der Waals surface area contributed by atoms with E-state index >= 15 is 0 Å². The molecule has 0 aromatic carbocycles. The fraction of sp³-hybridized carbons (Fsp3) is 1.00. The lowest BCUT2D eigenvalue weighted by molar-refractivity contribution is -0.166. The molecule has 0 aliphatic carbocycles. The molecule has 0 heterocycles. The summed E-state index contributed by atoms with van der Waals surface area (Å²) in [4.78, 5) is 0. The Hall–Kier alpha value is -0.240. The molecule has 6 nitrogen and oxygen atoms in total. The van der Waals surface area contributed by atoms with E-state index in [9.17, 15) is 0 Å². The van der Waals surface area contributed by atoms with Crippen molar-refractivity contribution >= 4 is 0 Å². The van der Waals surface area contributed by atoms with Gasteiger partial charge in [0.2, 0.25) is 0 Å². The average molecular weight is 266 g/mol. The maximum Gasteiger partial charge on any atom is 0.114 e. The van der Waals surface area contributed by atoms with Crippen LogP contribution in [-0.2, 0) is 28.4 Å². The van der Waals surface area contributed by atoms with Crippen molar-refractivity contribution in [2.75, 3.05) is 55.9 Å². The standard InChI is InChI=1S/C12H26O6/c1-13-7-9(15-3)11(17-5)12(18-6)10(16-4)8-14-2/h9-12H,7-8H2,1-6H3. The maximum atomic E-state index is 5.47. The highest BCUT2D eigenvalue weighted by atomic mass is 16.6. The number of methoxy groups -OCH3 is 6. The molecular weight excluding hydrogens is 240 g/mol. The third kappa shape index (κ3) is 5.17. The lowest BCUT2D eigenvalue weighted by atomic mass is 10.0. The second-order valence-electron chi connectivity index (χ2n) is 3.86. The molecule has 0 aliphatic rings. The van der Waals surface area contributed by atoms with Gasteiger partial charge in [-0.3, -0.25) is 0 Å². The normalized spacial score (nSPS) is 18.3. The summed E-state index contributed by atoms with van der Waals surface area (Å²) in [7, 11) is 9.67. The molecule has 0 N–H and O–H groups in total. The van der Waals surface area contributed by atoms with Gasteiger partial charge in [-0.05, 0) is 0 Å². The smallest absolute Gasteiger partial charge is 0.114 e. The first-order valence-corrected chi connectivity index (χ1v) is 5.79. The van der Waals surface area contributed by atoms with Gasteiger partial charge in [-0.25, -0.2) is 0 Å². The monoisotopic (exact) mass is 266 g/mol. The van der Waals surface area contributed by atoms with E-state index in [-0.39, 0.29) is 24.4 Å². The first kappa shape index (κ1) is 17.8. The number of hydrogen-bond acceptors (Lipinski definition) is 6. The minimum atomic E-state index is -0.306. The van der Waals surface area contributed by atoms with Crippen LogP contribution in [0.1, 0.15) is 0 Å². The van der Waals surface area contributed by atoms with Crippen molar-refractivity contribution in [3.05, 3.63) is 0 Å². The molecule has 0 fully saturated rings. The zero-order valence-corrected chi connectivity index (χ0v) is 12.2. The Morgan fingerprint density at radius 1 is 0.556 bits per heavy atom. The zero-order valence-electron chi connectivity index (χ0n) is 12.2. The van der Waals surface area contributed by atoms with Crippen LogP contribution >= 0.6 is 0 Å². The lowest BCUT2D eigenvalue weighted by Gasteiger charge is -2.34. The van der Waals surface area contributed by atoms with Gasteiger partial charge in [0.1, 0.15) is 24.4 Å². The predicted molar refractivity (Wildman–Crippen MR) is 66.9 cm³/mol. The molecule has 0 aromatic rings. The summed E-state index contributed by atoms with van der Waals surface area (Å²) in [6.45, 7) is 0.830. The molecule has 0 rings (SSSR count). The summed E-state index contributed by atoms with van der Waals surface area (Å²) in [6.07, 6.45) is -1.08. The molecule has 0 amide bonds. The topological polar surface area (TPSA) is 55.4 Å². The molecule has 0 radical (unpaired) electrons. The molecule has 0 aliphatic heterocycles. The van der Waals surface area contributed by atoms with Gasteiger partial charge in [-0.15, -0.1) is 0 Å². The molecule has 4 atom stereocenters. The number of rotatable bonds is 11. The van der Waals surface area contributed by atoms with E-state index in [2.05, 4.69) is 0 Å². The van der Waals surface area contributed by atoms with Gasteiger partial charge >= 0.3 is 0 Å². The van der Waals surface area contributed by atoms with E-state index in [0.717, 1.165) is 0 Å². The first-order chi connectivity index (χ1) is 8.69. The molecule has 0 spiro atoms. The van der Waals surface area contributed by atoms with Gasteiger partial charge < -0.3 is 28.4 Å². The van der Waals surface area contributed by atoms with E-state index in [0.29, 0.717) is 13.2 Å². The van der Waals surface area contributed by atoms with Crippen LogP contribution in [0.4, 0.5) is 0 Å². The van der Waals surface area contributed by atoms with Gasteiger partial charge in [0.25, 0.3) is 0 Å². The van der Waals surface area contributed by atoms with Crippen LogP contribution < -0.4 is 0 Å². The Bertz CT molecular complexity index is 169. The fourth-order valence-corrected chi connectivity index (χ4v) is 1.92. The van der Waals surface area contributed by atoms with Crippen LogP contribution in [0.15, 0.2) is 0 Å². The predicted octanol–water partition coefficient (Wildman–Crippen LogP) is 0.339. The van der Waals surface area contributed by atoms with Crippen molar-refractivity contribution in [2.24, 2.45) is 0 Å². The summed E-state index contributed by atoms with van der Waals surface area (Å²) < 4.78 is 31.9. The maximum absolute atomic E-state index is 5.47. The van der Waals surface area contributed by atoms with E-state index in [1.165, 1.54) is 0 Å². The van der Waals surface area contributed by atoms with E-state index in [1.54, 1.807) is 42.7 Å². The van der Waals surface area contributed by atoms with Crippen molar-refractivity contribution in [2.45, 2.75) is 24.4 Å². The van der Waals surface area contributed by atoms with Crippen molar-refractivity contribution in [1.29, 1.82) is 0 Å². The van der Waals surface area contributed by atoms with Crippen LogP contribution in [0.5, 0.6) is 0 Å². The fourth-order valence-electron chi connectivity index (χ4n) is 1.92. The van der Waals surface area contributed by atoms with Crippen LogP contribution in [-0.4, -0.2) is 80.3 Å². The minimum Gasteiger partial charge on any atom is -0.382 e. The van der Waals surface area contributed by atoms with Gasteiger partial charge in [0, 0.05) is 42.7 Å². The molecule has 0 aromatic heterocycles. The number of ether oxygens (including phenoxy) is 6. The van der Waals surface area contributed by atoms with Gasteiger partial charge in [0.15, 0.2) is 0 Å². The Kier molecular flexibility index (Phi) is 10.5. The molecule has 4 unspecified atom stereocenters. The van der Waals surface area contributed by atoms with Crippen LogP contribution in [0.3, 0.4) is 0 Å². The Balaban J connectivity index is 4.81. The molecule has 110 valence electrons. The van der Waals surface area contributed by atoms with E-state index in [1.807, 2.05) is 0 Å². The van der Waals surface area contributed by atoms with E-state index in [4.69, 9.17) is 28.4 Å². The molecule has 0 bridgehead atoms. The summed E-state index contributed by atoms with van der Waals surface area (Å²) in [6, 6.07) is 0. The van der Waals surface area contributed by atoms with Crippen LogP contribution in [0.25, 0.3) is 0 Å². The quantitative estimate of drug-likeness (QED) is 0.537. The molecule has 6 heteroatoms. The van der Waals surface area contributed by atoms with Gasteiger partial charge in [-0.2, -0.15) is 0 Å². The minimum absolute atomic E-state index is 0.237. The summed E-state index contributed by atoms with van der Waals surface area (Å²) in [5.41, 5.74) is 0. The largest absolute Gasteiger partial charge is 0.382 e. The van der Waals surface area contributed by atoms with Crippen LogP contribution in [0, 0.1) is 0 Å². The zero-order chi connectivity index (χ0) is 14.0. The molecule has 18 heavy (non-hydrogen) atoms. The second-order valence-corrected chi connectivity index (χ2v) is 3.86. The lowest BCUT2D eigenvalue weighted by Crippen LogP contribution is -2.50.